The molecule has 0 aromatic heterocycles. The van der Waals surface area contributed by atoms with Gasteiger partial charge in [-0.05, 0) is 32.0 Å². The maximum Gasteiger partial charge on any atom is 0.328 e. The lowest BCUT2D eigenvalue weighted by atomic mass is 10.0. The molecule has 0 saturated carbocycles. The van der Waals surface area contributed by atoms with Gasteiger partial charge in [-0.1, -0.05) is 0 Å². The maximum absolute atomic E-state index is 12.0. The van der Waals surface area contributed by atoms with Crippen LogP contribution in [0.5, 0.6) is 11.5 Å². The van der Waals surface area contributed by atoms with Gasteiger partial charge in [0.2, 0.25) is 0 Å². The van der Waals surface area contributed by atoms with Gasteiger partial charge in [-0.15, -0.1) is 0 Å². The highest BCUT2D eigenvalue weighted by Gasteiger charge is 2.29. The lowest BCUT2D eigenvalue weighted by Crippen LogP contribution is -2.49. The molecule has 0 spiro atoms. The number of nitrogens with one attached hydrogen (secondary N) is 1. The Kier molecular flexibility index (Phi) is 3.33. The van der Waals surface area contributed by atoms with Crippen LogP contribution in [0, 0.1) is 0 Å². The summed E-state index contributed by atoms with van der Waals surface area (Å²) < 4.78 is 10.7. The van der Waals surface area contributed by atoms with E-state index in [-0.39, 0.29) is 0 Å². The molecule has 6 heteroatoms. The summed E-state index contributed by atoms with van der Waals surface area (Å²) in [5, 5.41) is 11.4. The van der Waals surface area contributed by atoms with E-state index in [0.29, 0.717) is 30.3 Å². The van der Waals surface area contributed by atoms with E-state index < -0.39 is 17.4 Å². The maximum atomic E-state index is 12.0. The predicted molar refractivity (Wildman–Crippen MR) is 66.6 cm³/mol. The highest BCUT2D eigenvalue weighted by molar-refractivity contribution is 5.98. The van der Waals surface area contributed by atoms with E-state index >= 15 is 0 Å². The minimum atomic E-state index is -1.33. The molecule has 0 unspecified atom stereocenters. The van der Waals surface area contributed by atoms with Crippen LogP contribution < -0.4 is 14.8 Å². The van der Waals surface area contributed by atoms with Gasteiger partial charge in [0.15, 0.2) is 11.5 Å². The van der Waals surface area contributed by atoms with Crippen molar-refractivity contribution in [1.82, 2.24) is 5.32 Å². The quantitative estimate of drug-likeness (QED) is 0.853. The van der Waals surface area contributed by atoms with Gasteiger partial charge in [0, 0.05) is 5.56 Å². The Morgan fingerprint density at radius 3 is 2.47 bits per heavy atom. The number of carboxylic acids is 1. The summed E-state index contributed by atoms with van der Waals surface area (Å²) in [7, 11) is 0. The van der Waals surface area contributed by atoms with E-state index in [9.17, 15) is 9.59 Å². The van der Waals surface area contributed by atoms with E-state index in [2.05, 4.69) is 5.32 Å². The van der Waals surface area contributed by atoms with E-state index in [0.717, 1.165) is 0 Å². The molecule has 1 aromatic rings. The predicted octanol–water partition coefficient (Wildman–Crippen LogP) is 1.05. The van der Waals surface area contributed by atoms with Gasteiger partial charge < -0.3 is 19.9 Å². The molecule has 2 rings (SSSR count). The zero-order valence-electron chi connectivity index (χ0n) is 10.7. The van der Waals surface area contributed by atoms with Crippen LogP contribution in [-0.2, 0) is 4.79 Å². The van der Waals surface area contributed by atoms with Gasteiger partial charge in [0.05, 0.1) is 0 Å². The largest absolute Gasteiger partial charge is 0.486 e. The first-order valence-electron chi connectivity index (χ1n) is 5.86. The van der Waals surface area contributed by atoms with Gasteiger partial charge in [0.1, 0.15) is 18.8 Å². The molecule has 102 valence electrons. The van der Waals surface area contributed by atoms with Crippen LogP contribution in [0.1, 0.15) is 24.2 Å². The molecule has 2 N–H and O–H groups in total. The molecule has 6 nitrogen and oxygen atoms in total. The SMILES string of the molecule is CC(C)(NC(=O)c1ccc2c(c1)OCCO2)C(=O)O. The number of hydrogen-bond donors (Lipinski definition) is 2. The van der Waals surface area contributed by atoms with Crippen molar-refractivity contribution in [3.8, 4) is 11.5 Å². The van der Waals surface area contributed by atoms with Crippen molar-refractivity contribution in [3.05, 3.63) is 23.8 Å². The minimum Gasteiger partial charge on any atom is -0.486 e. The first-order chi connectivity index (χ1) is 8.90. The number of amides is 1. The Balaban J connectivity index is 2.18. The lowest BCUT2D eigenvalue weighted by molar-refractivity contribution is -0.143. The third-order valence-corrected chi connectivity index (χ3v) is 2.77. The molecule has 19 heavy (non-hydrogen) atoms. The summed E-state index contributed by atoms with van der Waals surface area (Å²) in [6.07, 6.45) is 0. The second-order valence-electron chi connectivity index (χ2n) is 4.74. The molecular weight excluding hydrogens is 250 g/mol. The number of ether oxygens (including phenoxy) is 2. The molecule has 1 heterocycles. The minimum absolute atomic E-state index is 0.332. The van der Waals surface area contributed by atoms with Crippen LogP contribution in [0.2, 0.25) is 0 Å². The fourth-order valence-electron chi connectivity index (χ4n) is 1.59. The molecule has 1 aliphatic rings. The van der Waals surface area contributed by atoms with Gasteiger partial charge in [0.25, 0.3) is 5.91 Å². The third kappa shape index (κ3) is 2.78. The molecular formula is C13H15NO5. The highest BCUT2D eigenvalue weighted by atomic mass is 16.6. The van der Waals surface area contributed by atoms with Crippen molar-refractivity contribution in [3.63, 3.8) is 0 Å². The van der Waals surface area contributed by atoms with Crippen LogP contribution in [0.3, 0.4) is 0 Å². The molecule has 1 aromatic carbocycles. The van der Waals surface area contributed by atoms with Crippen molar-refractivity contribution in [2.45, 2.75) is 19.4 Å². The fraction of sp³-hybridized carbons (Fsp3) is 0.385. The second-order valence-corrected chi connectivity index (χ2v) is 4.74. The Morgan fingerprint density at radius 2 is 1.84 bits per heavy atom. The summed E-state index contributed by atoms with van der Waals surface area (Å²) in [6.45, 7) is 3.75. The van der Waals surface area contributed by atoms with Gasteiger partial charge in [-0.25, -0.2) is 4.79 Å². The normalized spacial score (nSPS) is 13.8. The van der Waals surface area contributed by atoms with E-state index in [1.165, 1.54) is 13.8 Å². The number of carbonyl (C=O) groups is 2. The average Bonchev–Trinajstić information content (AvgIpc) is 2.37. The number of fused-ring (bicyclic) bond motifs is 1. The van der Waals surface area contributed by atoms with Gasteiger partial charge >= 0.3 is 5.97 Å². The van der Waals surface area contributed by atoms with Crippen molar-refractivity contribution < 1.29 is 24.2 Å². The lowest BCUT2D eigenvalue weighted by Gasteiger charge is -2.22. The first kappa shape index (κ1) is 13.2. The second kappa shape index (κ2) is 4.79. The zero-order chi connectivity index (χ0) is 14.0. The highest BCUT2D eigenvalue weighted by Crippen LogP contribution is 2.30. The van der Waals surface area contributed by atoms with Crippen LogP contribution in [0.25, 0.3) is 0 Å². The molecule has 0 atom stereocenters. The van der Waals surface area contributed by atoms with Crippen LogP contribution in [0.4, 0.5) is 0 Å². The summed E-state index contributed by atoms with van der Waals surface area (Å²) in [5.41, 5.74) is -0.997. The summed E-state index contributed by atoms with van der Waals surface area (Å²) in [6, 6.07) is 4.75. The Morgan fingerprint density at radius 1 is 1.21 bits per heavy atom. The molecule has 0 saturated heterocycles. The van der Waals surface area contributed by atoms with E-state index in [1.807, 2.05) is 0 Å². The number of rotatable bonds is 3. The average molecular weight is 265 g/mol. The molecule has 0 radical (unpaired) electrons. The van der Waals surface area contributed by atoms with Gasteiger partial charge in [-0.2, -0.15) is 0 Å². The number of carbonyl (C=O) groups excluding carboxylic acids is 1. The van der Waals surface area contributed by atoms with E-state index in [4.69, 9.17) is 14.6 Å². The summed E-state index contributed by atoms with van der Waals surface area (Å²) >= 11 is 0. The molecule has 1 amide bonds. The number of benzene rings is 1. The van der Waals surface area contributed by atoms with E-state index in [1.54, 1.807) is 18.2 Å². The van der Waals surface area contributed by atoms with Crippen molar-refractivity contribution in [2.75, 3.05) is 13.2 Å². The van der Waals surface area contributed by atoms with Crippen molar-refractivity contribution in [1.29, 1.82) is 0 Å². The van der Waals surface area contributed by atoms with Crippen LogP contribution >= 0.6 is 0 Å². The number of hydrogen-bond acceptors (Lipinski definition) is 4. The van der Waals surface area contributed by atoms with Gasteiger partial charge in [-0.3, -0.25) is 4.79 Å². The number of carboxylic acid groups (broad SMARTS) is 1. The summed E-state index contributed by atoms with van der Waals surface area (Å²) in [5.74, 6) is -0.491. The Bertz CT molecular complexity index is 524. The van der Waals surface area contributed by atoms with Crippen molar-refractivity contribution in [2.24, 2.45) is 0 Å². The summed E-state index contributed by atoms with van der Waals surface area (Å²) in [4.78, 5) is 22.9. The Labute approximate surface area is 110 Å². The first-order valence-corrected chi connectivity index (χ1v) is 5.86. The fourth-order valence-corrected chi connectivity index (χ4v) is 1.59. The third-order valence-electron chi connectivity index (χ3n) is 2.77. The Hall–Kier alpha value is -2.24. The molecule has 1 aliphatic heterocycles. The standard InChI is InChI=1S/C13H15NO5/c1-13(2,12(16)17)14-11(15)8-3-4-9-10(7-8)19-6-5-18-9/h3-4,7H,5-6H2,1-2H3,(H,14,15)(H,16,17). The van der Waals surface area contributed by atoms with Crippen molar-refractivity contribution >= 4 is 11.9 Å². The number of aliphatic carboxylic acids is 1. The molecule has 0 aliphatic carbocycles. The monoisotopic (exact) mass is 265 g/mol. The zero-order valence-corrected chi connectivity index (χ0v) is 10.7. The van der Waals surface area contributed by atoms with Crippen LogP contribution in [0.15, 0.2) is 18.2 Å². The molecule has 0 bridgehead atoms. The topological polar surface area (TPSA) is 84.9 Å². The molecule has 0 fully saturated rings. The van der Waals surface area contributed by atoms with Crippen LogP contribution in [-0.4, -0.2) is 35.7 Å². The smallest absolute Gasteiger partial charge is 0.328 e.